The molecule has 2 aromatic carbocycles. The quantitative estimate of drug-likeness (QED) is 0.872. The third-order valence-corrected chi connectivity index (χ3v) is 2.90. The smallest absolute Gasteiger partial charge is 0.166 e. The lowest BCUT2D eigenvalue weighted by molar-refractivity contribution is 0.511. The highest BCUT2D eigenvalue weighted by atomic mass is 19.2. The zero-order chi connectivity index (χ0) is 13.8. The number of benzene rings is 2. The van der Waals surface area contributed by atoms with E-state index in [4.69, 9.17) is 0 Å². The van der Waals surface area contributed by atoms with Crippen LogP contribution in [-0.2, 0) is 6.54 Å². The van der Waals surface area contributed by atoms with Crippen molar-refractivity contribution >= 4 is 0 Å². The number of hydrogen-bond donors (Lipinski definition) is 1. The van der Waals surface area contributed by atoms with Gasteiger partial charge < -0.3 is 5.32 Å². The topological polar surface area (TPSA) is 12.0 Å². The van der Waals surface area contributed by atoms with Crippen LogP contribution in [0.5, 0.6) is 0 Å². The molecule has 0 radical (unpaired) electrons. The molecule has 1 N–H and O–H groups in total. The molecule has 0 atom stereocenters. The molecule has 1 nitrogen and oxygen atoms in total. The zero-order valence-corrected chi connectivity index (χ0v) is 11.1. The van der Waals surface area contributed by atoms with Gasteiger partial charge >= 0.3 is 0 Å². The van der Waals surface area contributed by atoms with E-state index in [0.29, 0.717) is 23.7 Å². The molecule has 0 fully saturated rings. The van der Waals surface area contributed by atoms with Crippen LogP contribution in [0, 0.1) is 11.6 Å². The van der Waals surface area contributed by atoms with Crippen LogP contribution in [0.1, 0.15) is 19.4 Å². The van der Waals surface area contributed by atoms with E-state index in [1.807, 2.05) is 18.2 Å². The summed E-state index contributed by atoms with van der Waals surface area (Å²) >= 11 is 0. The van der Waals surface area contributed by atoms with E-state index in [9.17, 15) is 8.78 Å². The second-order valence-corrected chi connectivity index (χ2v) is 4.84. The molecular formula is C16H17F2N. The van der Waals surface area contributed by atoms with Crippen molar-refractivity contribution in [1.29, 1.82) is 0 Å². The fraction of sp³-hybridized carbons (Fsp3) is 0.250. The lowest BCUT2D eigenvalue weighted by atomic mass is 10.0. The maximum atomic E-state index is 13.7. The van der Waals surface area contributed by atoms with E-state index in [1.54, 1.807) is 12.1 Å². The van der Waals surface area contributed by atoms with Crippen LogP contribution >= 0.6 is 0 Å². The molecule has 0 saturated carbocycles. The van der Waals surface area contributed by atoms with Gasteiger partial charge in [0, 0.05) is 18.2 Å². The number of halogens is 2. The number of rotatable bonds is 4. The Labute approximate surface area is 112 Å². The minimum atomic E-state index is -0.816. The fourth-order valence-electron chi connectivity index (χ4n) is 1.90. The van der Waals surface area contributed by atoms with Crippen molar-refractivity contribution in [3.63, 3.8) is 0 Å². The summed E-state index contributed by atoms with van der Waals surface area (Å²) in [6, 6.07) is 12.1. The van der Waals surface area contributed by atoms with E-state index >= 15 is 0 Å². The number of hydrogen-bond acceptors (Lipinski definition) is 1. The van der Waals surface area contributed by atoms with Crippen LogP contribution in [0.4, 0.5) is 8.78 Å². The molecule has 19 heavy (non-hydrogen) atoms. The monoisotopic (exact) mass is 261 g/mol. The highest BCUT2D eigenvalue weighted by molar-refractivity contribution is 5.64. The van der Waals surface area contributed by atoms with Gasteiger partial charge in [-0.1, -0.05) is 44.2 Å². The van der Waals surface area contributed by atoms with Gasteiger partial charge in [-0.25, -0.2) is 8.78 Å². The van der Waals surface area contributed by atoms with Gasteiger partial charge in [0.05, 0.1) is 0 Å². The van der Waals surface area contributed by atoms with E-state index in [2.05, 4.69) is 19.2 Å². The SMILES string of the molecule is CC(C)NCc1cccc(-c2cccc(F)c2F)c1. The van der Waals surface area contributed by atoms with Gasteiger partial charge in [0.1, 0.15) is 0 Å². The Bertz CT molecular complexity index is 564. The summed E-state index contributed by atoms with van der Waals surface area (Å²) in [5, 5.41) is 3.30. The van der Waals surface area contributed by atoms with E-state index < -0.39 is 11.6 Å². The van der Waals surface area contributed by atoms with Crippen molar-refractivity contribution in [2.24, 2.45) is 0 Å². The first kappa shape index (κ1) is 13.7. The molecule has 0 heterocycles. The van der Waals surface area contributed by atoms with Crippen LogP contribution in [0.15, 0.2) is 42.5 Å². The van der Waals surface area contributed by atoms with Crippen LogP contribution in [0.25, 0.3) is 11.1 Å². The Morgan fingerprint density at radius 1 is 1.05 bits per heavy atom. The van der Waals surface area contributed by atoms with Gasteiger partial charge in [-0.05, 0) is 23.3 Å². The minimum absolute atomic E-state index is 0.298. The van der Waals surface area contributed by atoms with Crippen molar-refractivity contribution in [3.8, 4) is 11.1 Å². The standard InChI is InChI=1S/C16H17F2N/c1-11(2)19-10-12-5-3-6-13(9-12)14-7-4-8-15(17)16(14)18/h3-9,11,19H,10H2,1-2H3. The third-order valence-electron chi connectivity index (χ3n) is 2.90. The molecule has 0 spiro atoms. The van der Waals surface area contributed by atoms with E-state index in [1.165, 1.54) is 6.07 Å². The van der Waals surface area contributed by atoms with Gasteiger partial charge in [0.2, 0.25) is 0 Å². The third kappa shape index (κ3) is 3.38. The molecule has 3 heteroatoms. The lowest BCUT2D eigenvalue weighted by Crippen LogP contribution is -2.21. The second kappa shape index (κ2) is 5.93. The molecule has 0 aliphatic rings. The van der Waals surface area contributed by atoms with Gasteiger partial charge in [-0.2, -0.15) is 0 Å². The first-order valence-corrected chi connectivity index (χ1v) is 6.34. The first-order chi connectivity index (χ1) is 9.08. The van der Waals surface area contributed by atoms with Gasteiger partial charge in [-0.3, -0.25) is 0 Å². The molecule has 0 bridgehead atoms. The Morgan fingerprint density at radius 2 is 1.79 bits per heavy atom. The minimum Gasteiger partial charge on any atom is -0.310 e. The molecule has 0 saturated heterocycles. The molecule has 100 valence electrons. The molecule has 0 aliphatic heterocycles. The summed E-state index contributed by atoms with van der Waals surface area (Å²) in [4.78, 5) is 0. The predicted octanol–water partition coefficient (Wildman–Crippen LogP) is 4.13. The number of nitrogens with one attached hydrogen (secondary N) is 1. The highest BCUT2D eigenvalue weighted by Crippen LogP contribution is 2.25. The summed E-state index contributed by atoms with van der Waals surface area (Å²) in [5.41, 5.74) is 2.04. The maximum absolute atomic E-state index is 13.7. The zero-order valence-electron chi connectivity index (χ0n) is 11.1. The van der Waals surface area contributed by atoms with Crippen molar-refractivity contribution < 1.29 is 8.78 Å². The Morgan fingerprint density at radius 3 is 2.53 bits per heavy atom. The van der Waals surface area contributed by atoms with E-state index in [-0.39, 0.29) is 0 Å². The van der Waals surface area contributed by atoms with Crippen molar-refractivity contribution in [1.82, 2.24) is 5.32 Å². The van der Waals surface area contributed by atoms with Gasteiger partial charge in [0.25, 0.3) is 0 Å². The van der Waals surface area contributed by atoms with Crippen molar-refractivity contribution in [3.05, 3.63) is 59.7 Å². The van der Waals surface area contributed by atoms with Crippen LogP contribution in [0.2, 0.25) is 0 Å². The Balaban J connectivity index is 2.30. The molecule has 2 rings (SSSR count). The Kier molecular flexibility index (Phi) is 4.27. The van der Waals surface area contributed by atoms with E-state index in [0.717, 1.165) is 11.6 Å². The van der Waals surface area contributed by atoms with Gasteiger partial charge in [-0.15, -0.1) is 0 Å². The highest BCUT2D eigenvalue weighted by Gasteiger charge is 2.09. The van der Waals surface area contributed by atoms with Crippen LogP contribution < -0.4 is 5.32 Å². The lowest BCUT2D eigenvalue weighted by Gasteiger charge is -2.10. The molecule has 0 unspecified atom stereocenters. The molecule has 0 aliphatic carbocycles. The van der Waals surface area contributed by atoms with Crippen molar-refractivity contribution in [2.75, 3.05) is 0 Å². The van der Waals surface area contributed by atoms with Crippen LogP contribution in [-0.4, -0.2) is 6.04 Å². The van der Waals surface area contributed by atoms with Crippen LogP contribution in [0.3, 0.4) is 0 Å². The van der Waals surface area contributed by atoms with Crippen molar-refractivity contribution in [2.45, 2.75) is 26.4 Å². The largest absolute Gasteiger partial charge is 0.310 e. The molecule has 2 aromatic rings. The fourth-order valence-corrected chi connectivity index (χ4v) is 1.90. The maximum Gasteiger partial charge on any atom is 0.166 e. The first-order valence-electron chi connectivity index (χ1n) is 6.34. The average Bonchev–Trinajstić information content (AvgIpc) is 2.40. The summed E-state index contributed by atoms with van der Waals surface area (Å²) < 4.78 is 27.0. The summed E-state index contributed by atoms with van der Waals surface area (Å²) in [6.07, 6.45) is 0. The Hall–Kier alpha value is -1.74. The normalized spacial score (nSPS) is 11.0. The summed E-state index contributed by atoms with van der Waals surface area (Å²) in [6.45, 7) is 4.84. The van der Waals surface area contributed by atoms with Gasteiger partial charge in [0.15, 0.2) is 11.6 Å². The summed E-state index contributed by atoms with van der Waals surface area (Å²) in [5.74, 6) is -1.61. The second-order valence-electron chi connectivity index (χ2n) is 4.84. The molecule has 0 aromatic heterocycles. The average molecular weight is 261 g/mol. The predicted molar refractivity (Wildman–Crippen MR) is 73.8 cm³/mol. The molecule has 0 amide bonds. The molecular weight excluding hydrogens is 244 g/mol. The summed E-state index contributed by atoms with van der Waals surface area (Å²) in [7, 11) is 0.